The van der Waals surface area contributed by atoms with Crippen molar-refractivity contribution in [2.24, 2.45) is 0 Å². The van der Waals surface area contributed by atoms with Crippen LogP contribution in [0.15, 0.2) is 61.2 Å². The molecule has 0 aliphatic carbocycles. The van der Waals surface area contributed by atoms with Gasteiger partial charge in [-0.05, 0) is 48.7 Å². The van der Waals surface area contributed by atoms with E-state index in [2.05, 4.69) is 20.1 Å². The van der Waals surface area contributed by atoms with E-state index in [4.69, 9.17) is 23.2 Å². The van der Waals surface area contributed by atoms with Crippen LogP contribution in [0.4, 0.5) is 13.2 Å². The Bertz CT molecular complexity index is 1110. The first-order valence-electron chi connectivity index (χ1n) is 9.97. The van der Waals surface area contributed by atoms with Crippen molar-refractivity contribution in [2.75, 3.05) is 0 Å². The van der Waals surface area contributed by atoms with Crippen LogP contribution in [0, 0.1) is 0 Å². The molecule has 1 aromatic heterocycles. The second-order valence-electron chi connectivity index (χ2n) is 7.42. The maximum absolute atomic E-state index is 12.9. The number of esters is 1. The molecule has 0 aliphatic heterocycles. The summed E-state index contributed by atoms with van der Waals surface area (Å²) < 4.78 is 43.4. The van der Waals surface area contributed by atoms with E-state index in [1.165, 1.54) is 0 Å². The molecule has 7 nitrogen and oxygen atoms in total. The minimum Gasteiger partial charge on any atom is -0.423 e. The lowest BCUT2D eigenvalue weighted by Crippen LogP contribution is -2.44. The van der Waals surface area contributed by atoms with E-state index in [1.807, 2.05) is 12.1 Å². The van der Waals surface area contributed by atoms with Gasteiger partial charge in [-0.15, -0.1) is 0 Å². The van der Waals surface area contributed by atoms with Gasteiger partial charge in [-0.25, -0.2) is 14.5 Å². The molecule has 3 unspecified atom stereocenters. The Morgan fingerprint density at radius 2 is 1.65 bits per heavy atom. The molecule has 0 saturated heterocycles. The maximum atomic E-state index is 12.9. The molecule has 180 valence electrons. The zero-order chi connectivity index (χ0) is 24.9. The fourth-order valence-electron chi connectivity index (χ4n) is 3.30. The van der Waals surface area contributed by atoms with Crippen molar-refractivity contribution in [1.82, 2.24) is 20.1 Å². The molecule has 0 bridgehead atoms. The summed E-state index contributed by atoms with van der Waals surface area (Å²) in [6.45, 7) is 1.69. The van der Waals surface area contributed by atoms with Crippen molar-refractivity contribution in [3.05, 3.63) is 82.4 Å². The van der Waals surface area contributed by atoms with Gasteiger partial charge in [-0.2, -0.15) is 18.3 Å². The number of amides is 1. The van der Waals surface area contributed by atoms with Crippen molar-refractivity contribution < 1.29 is 27.5 Å². The van der Waals surface area contributed by atoms with Crippen LogP contribution >= 0.6 is 23.2 Å². The van der Waals surface area contributed by atoms with Crippen LogP contribution in [0.5, 0.6) is 0 Å². The molecule has 0 spiro atoms. The van der Waals surface area contributed by atoms with Crippen LogP contribution < -0.4 is 5.32 Å². The van der Waals surface area contributed by atoms with Crippen molar-refractivity contribution >= 4 is 35.1 Å². The summed E-state index contributed by atoms with van der Waals surface area (Å²) in [5.41, 5.74) is 1.75. The first-order valence-corrected chi connectivity index (χ1v) is 10.7. The van der Waals surface area contributed by atoms with Crippen molar-refractivity contribution in [3.63, 3.8) is 0 Å². The number of aromatic nitrogens is 3. The third-order valence-electron chi connectivity index (χ3n) is 4.99. The highest BCUT2D eigenvalue weighted by Crippen LogP contribution is 2.27. The third kappa shape index (κ3) is 6.71. The van der Waals surface area contributed by atoms with Crippen LogP contribution in [0.1, 0.15) is 30.2 Å². The van der Waals surface area contributed by atoms with Gasteiger partial charge in [0.15, 0.2) is 0 Å². The Morgan fingerprint density at radius 3 is 2.18 bits per heavy atom. The van der Waals surface area contributed by atoms with Crippen molar-refractivity contribution in [1.29, 1.82) is 0 Å². The van der Waals surface area contributed by atoms with E-state index in [0.717, 1.165) is 28.5 Å². The molecule has 3 aromatic rings. The number of hydrogen-bond acceptors (Lipinski definition) is 5. The zero-order valence-corrected chi connectivity index (χ0v) is 19.2. The highest BCUT2D eigenvalue weighted by atomic mass is 35.5. The lowest BCUT2D eigenvalue weighted by Gasteiger charge is -2.27. The highest BCUT2D eigenvalue weighted by Gasteiger charge is 2.44. The SMILES string of the molecule is CC(NC(=O)C(OC(=O)C(F)(F)F)n1cncn1)C(Cc1ccc(Cl)cc1)c1ccc(Cl)cc1. The third-order valence-corrected chi connectivity index (χ3v) is 5.50. The summed E-state index contributed by atoms with van der Waals surface area (Å²) in [6, 6.07) is 13.5. The molecule has 0 aliphatic rings. The number of halogens is 5. The van der Waals surface area contributed by atoms with Gasteiger partial charge < -0.3 is 10.1 Å². The average Bonchev–Trinajstić information content (AvgIpc) is 3.31. The molecule has 0 fully saturated rings. The van der Waals surface area contributed by atoms with Crippen LogP contribution in [-0.2, 0) is 20.7 Å². The molecule has 12 heteroatoms. The molecule has 3 atom stereocenters. The fourth-order valence-corrected chi connectivity index (χ4v) is 3.55. The molecule has 3 rings (SSSR count). The predicted octanol–water partition coefficient (Wildman–Crippen LogP) is 4.72. The summed E-state index contributed by atoms with van der Waals surface area (Å²) in [5.74, 6) is -3.83. The molecular formula is C22H19Cl2F3N4O3. The standard InChI is InChI=1S/C22H19Cl2F3N4O3/c1-13(30-19(32)20(31-12-28-11-29-31)34-21(33)22(25,26)27)18(15-4-8-17(24)9-5-15)10-14-2-6-16(23)7-3-14/h2-9,11-13,18,20H,10H2,1H3,(H,30,32). The van der Waals surface area contributed by atoms with Gasteiger partial charge in [0.05, 0.1) is 0 Å². The number of carbonyl (C=O) groups is 2. The minimum absolute atomic E-state index is 0.308. The second-order valence-corrected chi connectivity index (χ2v) is 8.29. The van der Waals surface area contributed by atoms with Gasteiger partial charge in [0.1, 0.15) is 12.7 Å². The topological polar surface area (TPSA) is 86.1 Å². The Morgan fingerprint density at radius 1 is 1.06 bits per heavy atom. The first-order chi connectivity index (χ1) is 16.0. The maximum Gasteiger partial charge on any atom is 0.491 e. The smallest absolute Gasteiger partial charge is 0.423 e. The lowest BCUT2D eigenvalue weighted by atomic mass is 9.86. The zero-order valence-electron chi connectivity index (χ0n) is 17.7. The summed E-state index contributed by atoms with van der Waals surface area (Å²) in [7, 11) is 0. The van der Waals surface area contributed by atoms with Crippen molar-refractivity contribution in [2.45, 2.75) is 37.7 Å². The van der Waals surface area contributed by atoms with Crippen LogP contribution in [0.2, 0.25) is 10.0 Å². The van der Waals surface area contributed by atoms with Crippen LogP contribution in [0.3, 0.4) is 0 Å². The van der Waals surface area contributed by atoms with E-state index < -0.39 is 30.3 Å². The Labute approximate surface area is 202 Å². The number of nitrogens with zero attached hydrogens (tertiary/aromatic N) is 3. The molecule has 34 heavy (non-hydrogen) atoms. The average molecular weight is 515 g/mol. The van der Waals surface area contributed by atoms with E-state index in [0.29, 0.717) is 16.5 Å². The number of alkyl halides is 3. The Balaban J connectivity index is 1.84. The highest BCUT2D eigenvalue weighted by molar-refractivity contribution is 6.30. The monoisotopic (exact) mass is 514 g/mol. The van der Waals surface area contributed by atoms with Gasteiger partial charge in [0, 0.05) is 22.0 Å². The number of hydrogen-bond donors (Lipinski definition) is 1. The molecule has 2 aromatic carbocycles. The number of rotatable bonds is 8. The largest absolute Gasteiger partial charge is 0.491 e. The van der Waals surface area contributed by atoms with Gasteiger partial charge >= 0.3 is 12.1 Å². The molecule has 0 radical (unpaired) electrons. The van der Waals surface area contributed by atoms with E-state index in [1.54, 1.807) is 43.3 Å². The molecule has 1 N–H and O–H groups in total. The summed E-state index contributed by atoms with van der Waals surface area (Å²) in [5, 5.41) is 7.37. The number of benzene rings is 2. The van der Waals surface area contributed by atoms with E-state index >= 15 is 0 Å². The minimum atomic E-state index is -5.29. The van der Waals surface area contributed by atoms with E-state index in [9.17, 15) is 22.8 Å². The summed E-state index contributed by atoms with van der Waals surface area (Å²) >= 11 is 12.0. The predicted molar refractivity (Wildman–Crippen MR) is 118 cm³/mol. The van der Waals surface area contributed by atoms with Crippen LogP contribution in [-0.4, -0.2) is 38.9 Å². The number of ether oxygens (including phenoxy) is 1. The first kappa shape index (κ1) is 25.5. The fraction of sp³-hybridized carbons (Fsp3) is 0.273. The van der Waals surface area contributed by atoms with Gasteiger partial charge in [0.2, 0.25) is 0 Å². The van der Waals surface area contributed by atoms with Crippen LogP contribution in [0.25, 0.3) is 0 Å². The van der Waals surface area contributed by atoms with E-state index in [-0.39, 0.29) is 5.92 Å². The molecule has 1 heterocycles. The molecular weight excluding hydrogens is 496 g/mol. The van der Waals surface area contributed by atoms with Gasteiger partial charge in [-0.1, -0.05) is 47.5 Å². The molecule has 1 amide bonds. The normalized spacial score (nSPS) is 14.2. The quantitative estimate of drug-likeness (QED) is 0.439. The summed E-state index contributed by atoms with van der Waals surface area (Å²) in [4.78, 5) is 27.9. The molecule has 0 saturated carbocycles. The number of carbonyl (C=O) groups excluding carboxylic acids is 2. The van der Waals surface area contributed by atoms with Gasteiger partial charge in [0.25, 0.3) is 12.1 Å². The second kappa shape index (κ2) is 10.9. The van der Waals surface area contributed by atoms with Crippen molar-refractivity contribution in [3.8, 4) is 0 Å². The number of nitrogens with one attached hydrogen (secondary N) is 1. The Kier molecular flexibility index (Phi) is 8.16. The van der Waals surface area contributed by atoms with Gasteiger partial charge in [-0.3, -0.25) is 4.79 Å². The Hall–Kier alpha value is -3.11. The summed E-state index contributed by atoms with van der Waals surface area (Å²) in [6.07, 6.45) is -4.84. The lowest BCUT2D eigenvalue weighted by molar-refractivity contribution is -0.210.